The number of thiophene rings is 1. The molecule has 0 amide bonds. The normalized spacial score (nSPS) is 11.9. The molecular weight excluding hydrogens is 238 g/mol. The molecule has 1 N–H and O–H groups in total. The summed E-state index contributed by atoms with van der Waals surface area (Å²) in [6.07, 6.45) is 0. The third-order valence-corrected chi connectivity index (χ3v) is 4.79. The smallest absolute Gasteiger partial charge is 0.0348 e. The maximum absolute atomic E-state index is 3.23. The number of rotatable bonds is 4. The molecule has 0 saturated carbocycles. The van der Waals surface area contributed by atoms with Gasteiger partial charge in [-0.15, -0.1) is 11.3 Å². The predicted molar refractivity (Wildman–Crippen MR) is 82.8 cm³/mol. The molecule has 1 aromatic heterocycles. The summed E-state index contributed by atoms with van der Waals surface area (Å²) < 4.78 is 1.43. The van der Waals surface area contributed by atoms with Crippen molar-refractivity contribution >= 4 is 21.4 Å². The molecule has 1 heterocycles. The van der Waals surface area contributed by atoms with Gasteiger partial charge in [-0.05, 0) is 47.5 Å². The van der Waals surface area contributed by atoms with Gasteiger partial charge in [-0.2, -0.15) is 0 Å². The second-order valence-electron chi connectivity index (χ2n) is 5.55. The molecule has 0 fully saturated rings. The first-order valence-corrected chi connectivity index (χ1v) is 7.56. The SMILES string of the molecule is CNCc1ccc2sc(C(C)C)c(C(C)C)c2c1. The van der Waals surface area contributed by atoms with Gasteiger partial charge in [-0.25, -0.2) is 0 Å². The van der Waals surface area contributed by atoms with Crippen molar-refractivity contribution in [2.45, 2.75) is 46.1 Å². The summed E-state index contributed by atoms with van der Waals surface area (Å²) in [5.41, 5.74) is 2.93. The molecule has 0 aliphatic carbocycles. The van der Waals surface area contributed by atoms with Gasteiger partial charge in [0.25, 0.3) is 0 Å². The predicted octanol–water partition coefficient (Wildman–Crippen LogP) is 4.87. The van der Waals surface area contributed by atoms with E-state index < -0.39 is 0 Å². The van der Waals surface area contributed by atoms with Gasteiger partial charge >= 0.3 is 0 Å². The number of fused-ring (bicyclic) bond motifs is 1. The van der Waals surface area contributed by atoms with Gasteiger partial charge in [-0.3, -0.25) is 0 Å². The largest absolute Gasteiger partial charge is 0.316 e. The Kier molecular flexibility index (Phi) is 4.08. The lowest BCUT2D eigenvalue weighted by Gasteiger charge is -2.11. The van der Waals surface area contributed by atoms with Crippen LogP contribution in [0.5, 0.6) is 0 Å². The van der Waals surface area contributed by atoms with E-state index in [0.29, 0.717) is 11.8 Å². The quantitative estimate of drug-likeness (QED) is 0.828. The van der Waals surface area contributed by atoms with E-state index in [1.165, 1.54) is 15.6 Å². The monoisotopic (exact) mass is 261 g/mol. The highest BCUT2D eigenvalue weighted by molar-refractivity contribution is 7.19. The molecule has 2 aromatic rings. The molecule has 1 aromatic carbocycles. The lowest BCUT2D eigenvalue weighted by molar-refractivity contribution is 0.811. The summed E-state index contributed by atoms with van der Waals surface area (Å²) in [5.74, 6) is 1.22. The molecule has 1 nitrogen and oxygen atoms in total. The zero-order valence-corrected chi connectivity index (χ0v) is 12.8. The van der Waals surface area contributed by atoms with Crippen LogP contribution in [0.4, 0.5) is 0 Å². The Labute approximate surface area is 114 Å². The minimum atomic E-state index is 0.598. The van der Waals surface area contributed by atoms with Gasteiger partial charge in [0.2, 0.25) is 0 Å². The fourth-order valence-corrected chi connectivity index (χ4v) is 3.86. The summed E-state index contributed by atoms with van der Waals surface area (Å²) in [6.45, 7) is 10.1. The standard InChI is InChI=1S/C16H23NS/c1-10(2)15-13-8-12(9-17-5)6-7-14(13)18-16(15)11(3)4/h6-8,10-11,17H,9H2,1-5H3. The lowest BCUT2D eigenvalue weighted by Crippen LogP contribution is -2.04. The Morgan fingerprint density at radius 3 is 2.39 bits per heavy atom. The van der Waals surface area contributed by atoms with E-state index in [1.807, 2.05) is 18.4 Å². The van der Waals surface area contributed by atoms with Crippen LogP contribution in [0.1, 0.15) is 55.5 Å². The van der Waals surface area contributed by atoms with E-state index >= 15 is 0 Å². The number of hydrogen-bond donors (Lipinski definition) is 1. The summed E-state index contributed by atoms with van der Waals surface area (Å²) in [7, 11) is 2.00. The van der Waals surface area contributed by atoms with Crippen LogP contribution in [0.2, 0.25) is 0 Å². The van der Waals surface area contributed by atoms with Crippen LogP contribution < -0.4 is 5.32 Å². The fourth-order valence-electron chi connectivity index (χ4n) is 2.52. The molecule has 0 aliphatic rings. The minimum Gasteiger partial charge on any atom is -0.316 e. The van der Waals surface area contributed by atoms with Crippen molar-refractivity contribution in [2.75, 3.05) is 7.05 Å². The van der Waals surface area contributed by atoms with Crippen molar-refractivity contribution in [2.24, 2.45) is 0 Å². The van der Waals surface area contributed by atoms with Crippen molar-refractivity contribution in [3.63, 3.8) is 0 Å². The number of nitrogens with one attached hydrogen (secondary N) is 1. The maximum atomic E-state index is 3.23. The van der Waals surface area contributed by atoms with Crippen LogP contribution in [0.3, 0.4) is 0 Å². The third kappa shape index (κ3) is 2.45. The van der Waals surface area contributed by atoms with Crippen LogP contribution in [-0.2, 0) is 6.54 Å². The average Bonchev–Trinajstić information content (AvgIpc) is 2.68. The van der Waals surface area contributed by atoms with Crippen molar-refractivity contribution in [3.05, 3.63) is 34.2 Å². The molecular formula is C16H23NS. The van der Waals surface area contributed by atoms with Crippen LogP contribution in [-0.4, -0.2) is 7.05 Å². The molecule has 0 aliphatic heterocycles. The van der Waals surface area contributed by atoms with Gasteiger partial charge in [0.05, 0.1) is 0 Å². The third-order valence-electron chi connectivity index (χ3n) is 3.30. The van der Waals surface area contributed by atoms with E-state index in [9.17, 15) is 0 Å². The van der Waals surface area contributed by atoms with E-state index in [0.717, 1.165) is 6.54 Å². The zero-order chi connectivity index (χ0) is 13.3. The summed E-state index contributed by atoms with van der Waals surface area (Å²) in [5, 5.41) is 4.69. The van der Waals surface area contributed by atoms with Gasteiger partial charge < -0.3 is 5.32 Å². The van der Waals surface area contributed by atoms with Crippen molar-refractivity contribution in [1.82, 2.24) is 5.32 Å². The van der Waals surface area contributed by atoms with E-state index in [2.05, 4.69) is 51.2 Å². The van der Waals surface area contributed by atoms with Crippen molar-refractivity contribution in [3.8, 4) is 0 Å². The average molecular weight is 261 g/mol. The van der Waals surface area contributed by atoms with E-state index in [1.54, 1.807) is 10.4 Å². The van der Waals surface area contributed by atoms with E-state index in [-0.39, 0.29) is 0 Å². The molecule has 0 radical (unpaired) electrons. The fraction of sp³-hybridized carbons (Fsp3) is 0.500. The Morgan fingerprint density at radius 2 is 1.83 bits per heavy atom. The van der Waals surface area contributed by atoms with Gasteiger partial charge in [-0.1, -0.05) is 33.8 Å². The first-order valence-electron chi connectivity index (χ1n) is 6.74. The molecule has 18 heavy (non-hydrogen) atoms. The summed E-state index contributed by atoms with van der Waals surface area (Å²) in [4.78, 5) is 1.56. The second kappa shape index (κ2) is 5.41. The maximum Gasteiger partial charge on any atom is 0.0348 e. The number of hydrogen-bond acceptors (Lipinski definition) is 2. The molecule has 2 heteroatoms. The summed E-state index contributed by atoms with van der Waals surface area (Å²) >= 11 is 1.97. The first-order chi connectivity index (χ1) is 8.54. The highest BCUT2D eigenvalue weighted by atomic mass is 32.1. The van der Waals surface area contributed by atoms with Gasteiger partial charge in [0, 0.05) is 16.1 Å². The molecule has 0 unspecified atom stereocenters. The second-order valence-corrected chi connectivity index (χ2v) is 6.63. The Bertz CT molecular complexity index is 537. The summed E-state index contributed by atoms with van der Waals surface area (Å²) in [6, 6.07) is 6.89. The van der Waals surface area contributed by atoms with Crippen LogP contribution >= 0.6 is 11.3 Å². The number of benzene rings is 1. The molecule has 98 valence electrons. The molecule has 0 atom stereocenters. The van der Waals surface area contributed by atoms with Crippen molar-refractivity contribution in [1.29, 1.82) is 0 Å². The van der Waals surface area contributed by atoms with Crippen LogP contribution in [0, 0.1) is 0 Å². The van der Waals surface area contributed by atoms with E-state index in [4.69, 9.17) is 0 Å². The highest BCUT2D eigenvalue weighted by Crippen LogP contribution is 2.40. The Hall–Kier alpha value is -0.860. The lowest BCUT2D eigenvalue weighted by atomic mass is 9.94. The molecule has 2 rings (SSSR count). The molecule has 0 bridgehead atoms. The first kappa shape index (κ1) is 13.6. The zero-order valence-electron chi connectivity index (χ0n) is 12.0. The Morgan fingerprint density at radius 1 is 1.11 bits per heavy atom. The van der Waals surface area contributed by atoms with Gasteiger partial charge in [0.15, 0.2) is 0 Å². The molecule has 0 spiro atoms. The van der Waals surface area contributed by atoms with Crippen molar-refractivity contribution < 1.29 is 0 Å². The highest BCUT2D eigenvalue weighted by Gasteiger charge is 2.17. The molecule has 0 saturated heterocycles. The van der Waals surface area contributed by atoms with Crippen LogP contribution in [0.15, 0.2) is 18.2 Å². The minimum absolute atomic E-state index is 0.598. The van der Waals surface area contributed by atoms with Gasteiger partial charge in [0.1, 0.15) is 0 Å². The topological polar surface area (TPSA) is 12.0 Å². The Balaban J connectivity index is 2.64. The van der Waals surface area contributed by atoms with Crippen LogP contribution in [0.25, 0.3) is 10.1 Å².